The van der Waals surface area contributed by atoms with Crippen molar-refractivity contribution in [3.05, 3.63) is 56.9 Å². The molecule has 1 amide bonds. The monoisotopic (exact) mass is 413 g/mol. The molecule has 1 N–H and O–H groups in total. The van der Waals surface area contributed by atoms with Crippen molar-refractivity contribution >= 4 is 37.8 Å². The van der Waals surface area contributed by atoms with Gasteiger partial charge in [0.15, 0.2) is 10.4 Å². The predicted octanol–water partition coefficient (Wildman–Crippen LogP) is 4.80. The second kappa shape index (κ2) is 6.79. The van der Waals surface area contributed by atoms with E-state index in [2.05, 4.69) is 63.2 Å². The fraction of sp³-hybridized carbons (Fsp3) is 0.312. The van der Waals surface area contributed by atoms with Gasteiger partial charge in [-0.15, -0.1) is 0 Å². The Kier molecular flexibility index (Phi) is 5.27. The van der Waals surface area contributed by atoms with Crippen LogP contribution in [0.1, 0.15) is 30.0 Å². The molecule has 0 atom stereocenters. The zero-order valence-corrected chi connectivity index (χ0v) is 15.1. The van der Waals surface area contributed by atoms with Crippen LogP contribution in [0, 0.1) is 5.41 Å². The number of amides is 1. The smallest absolute Gasteiger partial charge is 0.287 e. The molecule has 0 aliphatic heterocycles. The number of hydrogen-bond acceptors (Lipinski definition) is 2. The molecule has 5 heteroatoms. The lowest BCUT2D eigenvalue weighted by Gasteiger charge is -2.25. The van der Waals surface area contributed by atoms with Crippen LogP contribution in [0.25, 0.3) is 0 Å². The van der Waals surface area contributed by atoms with Crippen LogP contribution < -0.4 is 5.32 Å². The standard InChI is InChI=1S/C16H17Br2NO2/c1-16(2,9-11-3-5-12(17)6-4-11)10-19-15(20)13-7-8-14(18)21-13/h3-8H,9-10H2,1-2H3,(H,19,20). The van der Waals surface area contributed by atoms with E-state index in [1.54, 1.807) is 12.1 Å². The van der Waals surface area contributed by atoms with Gasteiger partial charge in [0.05, 0.1) is 0 Å². The number of carbonyl (C=O) groups is 1. The van der Waals surface area contributed by atoms with E-state index in [-0.39, 0.29) is 11.3 Å². The SMILES string of the molecule is CC(C)(CNC(=O)c1ccc(Br)o1)Cc1ccc(Br)cc1. The molecule has 0 aliphatic carbocycles. The maximum Gasteiger partial charge on any atom is 0.287 e. The van der Waals surface area contributed by atoms with Gasteiger partial charge in [-0.1, -0.05) is 41.9 Å². The van der Waals surface area contributed by atoms with Crippen LogP contribution >= 0.6 is 31.9 Å². The first kappa shape index (κ1) is 16.3. The van der Waals surface area contributed by atoms with Crippen LogP contribution in [0.15, 0.2) is 50.0 Å². The predicted molar refractivity (Wildman–Crippen MR) is 90.4 cm³/mol. The molecule has 2 rings (SSSR count). The zero-order valence-electron chi connectivity index (χ0n) is 12.0. The first-order valence-electron chi connectivity index (χ1n) is 6.64. The molecular weight excluding hydrogens is 398 g/mol. The quantitative estimate of drug-likeness (QED) is 0.763. The zero-order chi connectivity index (χ0) is 15.5. The average Bonchev–Trinajstić information content (AvgIpc) is 2.85. The van der Waals surface area contributed by atoms with Gasteiger partial charge in [0, 0.05) is 11.0 Å². The maximum atomic E-state index is 12.0. The summed E-state index contributed by atoms with van der Waals surface area (Å²) in [5.41, 5.74) is 1.21. The molecule has 0 aliphatic rings. The Morgan fingerprint density at radius 1 is 1.14 bits per heavy atom. The van der Waals surface area contributed by atoms with Gasteiger partial charge in [0.2, 0.25) is 0 Å². The molecule has 1 heterocycles. The van der Waals surface area contributed by atoms with E-state index in [0.717, 1.165) is 10.9 Å². The Morgan fingerprint density at radius 3 is 2.38 bits per heavy atom. The number of carbonyl (C=O) groups excluding carboxylic acids is 1. The highest BCUT2D eigenvalue weighted by atomic mass is 79.9. The lowest BCUT2D eigenvalue weighted by atomic mass is 9.85. The third kappa shape index (κ3) is 5.00. The molecule has 2 aromatic rings. The molecule has 112 valence electrons. The Hall–Kier alpha value is -1.07. The Labute approximate surface area is 141 Å². The summed E-state index contributed by atoms with van der Waals surface area (Å²) in [7, 11) is 0. The molecule has 0 radical (unpaired) electrons. The first-order chi connectivity index (χ1) is 9.85. The lowest BCUT2D eigenvalue weighted by Crippen LogP contribution is -2.35. The average molecular weight is 415 g/mol. The Balaban J connectivity index is 1.91. The minimum atomic E-state index is -0.190. The molecule has 0 spiro atoms. The van der Waals surface area contributed by atoms with E-state index in [1.807, 2.05) is 12.1 Å². The van der Waals surface area contributed by atoms with E-state index < -0.39 is 0 Å². The van der Waals surface area contributed by atoms with Gasteiger partial charge < -0.3 is 9.73 Å². The van der Waals surface area contributed by atoms with Gasteiger partial charge >= 0.3 is 0 Å². The third-order valence-electron chi connectivity index (χ3n) is 3.12. The number of rotatable bonds is 5. The summed E-state index contributed by atoms with van der Waals surface area (Å²) in [4.78, 5) is 12.0. The molecule has 3 nitrogen and oxygen atoms in total. The van der Waals surface area contributed by atoms with E-state index in [1.165, 1.54) is 5.56 Å². The third-order valence-corrected chi connectivity index (χ3v) is 4.08. The van der Waals surface area contributed by atoms with Crippen molar-refractivity contribution in [2.45, 2.75) is 20.3 Å². The largest absolute Gasteiger partial charge is 0.444 e. The summed E-state index contributed by atoms with van der Waals surface area (Å²) in [6.45, 7) is 4.85. The Bertz CT molecular complexity index is 617. The van der Waals surface area contributed by atoms with E-state index in [9.17, 15) is 4.79 Å². The summed E-state index contributed by atoms with van der Waals surface area (Å²) in [6, 6.07) is 11.6. The molecule has 1 aromatic carbocycles. The summed E-state index contributed by atoms with van der Waals surface area (Å²) in [5, 5.41) is 2.92. The van der Waals surface area contributed by atoms with E-state index in [4.69, 9.17) is 4.42 Å². The minimum Gasteiger partial charge on any atom is -0.444 e. The molecule has 0 saturated heterocycles. The number of halogens is 2. The van der Waals surface area contributed by atoms with Crippen molar-refractivity contribution in [3.8, 4) is 0 Å². The summed E-state index contributed by atoms with van der Waals surface area (Å²) < 4.78 is 6.87. The molecule has 0 bridgehead atoms. The lowest BCUT2D eigenvalue weighted by molar-refractivity contribution is 0.0907. The van der Waals surface area contributed by atoms with Crippen molar-refractivity contribution in [1.29, 1.82) is 0 Å². The van der Waals surface area contributed by atoms with Gasteiger partial charge in [0.1, 0.15) is 0 Å². The highest BCUT2D eigenvalue weighted by Crippen LogP contribution is 2.22. The normalized spacial score (nSPS) is 11.4. The van der Waals surface area contributed by atoms with Crippen LogP contribution in [0.2, 0.25) is 0 Å². The fourth-order valence-electron chi connectivity index (χ4n) is 2.06. The summed E-state index contributed by atoms with van der Waals surface area (Å²) >= 11 is 6.62. The topological polar surface area (TPSA) is 42.2 Å². The van der Waals surface area contributed by atoms with Gasteiger partial charge in [-0.2, -0.15) is 0 Å². The summed E-state index contributed by atoms with van der Waals surface area (Å²) in [5.74, 6) is 0.130. The number of benzene rings is 1. The van der Waals surface area contributed by atoms with Gasteiger partial charge in [-0.05, 0) is 57.6 Å². The fourth-order valence-corrected chi connectivity index (χ4v) is 2.63. The van der Waals surface area contributed by atoms with Crippen molar-refractivity contribution in [1.82, 2.24) is 5.32 Å². The molecule has 0 saturated carbocycles. The van der Waals surface area contributed by atoms with Gasteiger partial charge in [-0.25, -0.2) is 0 Å². The molecule has 1 aromatic heterocycles. The molecule has 0 fully saturated rings. The Morgan fingerprint density at radius 2 is 1.81 bits per heavy atom. The van der Waals surface area contributed by atoms with Crippen LogP contribution in [0.4, 0.5) is 0 Å². The molecule has 0 unspecified atom stereocenters. The van der Waals surface area contributed by atoms with E-state index >= 15 is 0 Å². The minimum absolute atomic E-state index is 0.0344. The van der Waals surface area contributed by atoms with Crippen LogP contribution in [0.3, 0.4) is 0 Å². The van der Waals surface area contributed by atoms with Crippen LogP contribution in [-0.4, -0.2) is 12.5 Å². The number of hydrogen-bond donors (Lipinski definition) is 1. The molecular formula is C16H17Br2NO2. The number of nitrogens with one attached hydrogen (secondary N) is 1. The van der Waals surface area contributed by atoms with Crippen LogP contribution in [-0.2, 0) is 6.42 Å². The van der Waals surface area contributed by atoms with Crippen LogP contribution in [0.5, 0.6) is 0 Å². The van der Waals surface area contributed by atoms with Crippen molar-refractivity contribution in [3.63, 3.8) is 0 Å². The highest BCUT2D eigenvalue weighted by molar-refractivity contribution is 9.10. The van der Waals surface area contributed by atoms with Crippen molar-refractivity contribution < 1.29 is 9.21 Å². The number of furan rings is 1. The highest BCUT2D eigenvalue weighted by Gasteiger charge is 2.21. The first-order valence-corrected chi connectivity index (χ1v) is 8.22. The van der Waals surface area contributed by atoms with E-state index in [0.29, 0.717) is 17.0 Å². The second-order valence-corrected chi connectivity index (χ2v) is 7.45. The van der Waals surface area contributed by atoms with Crippen molar-refractivity contribution in [2.24, 2.45) is 5.41 Å². The second-order valence-electron chi connectivity index (χ2n) is 5.75. The summed E-state index contributed by atoms with van der Waals surface area (Å²) in [6.07, 6.45) is 0.891. The maximum absolute atomic E-state index is 12.0. The van der Waals surface area contributed by atoms with Crippen molar-refractivity contribution in [2.75, 3.05) is 6.54 Å². The van der Waals surface area contributed by atoms with Gasteiger partial charge in [-0.3, -0.25) is 4.79 Å². The van der Waals surface area contributed by atoms with Gasteiger partial charge in [0.25, 0.3) is 5.91 Å². The molecule has 21 heavy (non-hydrogen) atoms.